The van der Waals surface area contributed by atoms with Crippen molar-refractivity contribution in [3.63, 3.8) is 0 Å². The number of aryl methyl sites for hydroxylation is 1. The minimum Gasteiger partial charge on any atom is -0.493 e. The average Bonchev–Trinajstić information content (AvgIpc) is 3.40. The highest BCUT2D eigenvalue weighted by Gasteiger charge is 2.36. The maximum Gasteiger partial charge on any atom is 0.232 e. The van der Waals surface area contributed by atoms with E-state index in [0.717, 1.165) is 11.1 Å². The van der Waals surface area contributed by atoms with Gasteiger partial charge in [0.15, 0.2) is 11.5 Å². The fourth-order valence-corrected chi connectivity index (χ4v) is 3.57. The van der Waals surface area contributed by atoms with Crippen LogP contribution in [0.3, 0.4) is 0 Å². The highest BCUT2D eigenvalue weighted by molar-refractivity contribution is 5.97. The first kappa shape index (κ1) is 19.8. The van der Waals surface area contributed by atoms with Gasteiger partial charge in [0, 0.05) is 30.7 Å². The number of rotatable bonds is 6. The van der Waals surface area contributed by atoms with Crippen LogP contribution >= 0.6 is 0 Å². The van der Waals surface area contributed by atoms with Gasteiger partial charge in [-0.25, -0.2) is 0 Å². The quantitative estimate of drug-likeness (QED) is 0.615. The molecule has 8 heteroatoms. The van der Waals surface area contributed by atoms with Gasteiger partial charge < -0.3 is 23.6 Å². The standard InChI is InChI=1S/C22H23N3O5/c1-13-5-7-14(8-6-13)21-23-22(30-24-21)15-9-19(26)25(12-15)16-10-17(27-2)20(29-4)18(11-16)28-3/h5-8,10-11,15H,9,12H2,1-4H3. The predicted molar refractivity (Wildman–Crippen MR) is 110 cm³/mol. The molecule has 0 aliphatic carbocycles. The zero-order valence-corrected chi connectivity index (χ0v) is 17.3. The van der Waals surface area contributed by atoms with Crippen LogP contribution in [-0.4, -0.2) is 43.9 Å². The molecule has 1 saturated heterocycles. The zero-order valence-electron chi connectivity index (χ0n) is 17.3. The molecule has 1 fully saturated rings. The number of carbonyl (C=O) groups is 1. The van der Waals surface area contributed by atoms with Crippen LogP contribution in [0.15, 0.2) is 40.9 Å². The highest BCUT2D eigenvalue weighted by atomic mass is 16.5. The lowest BCUT2D eigenvalue weighted by atomic mass is 10.1. The van der Waals surface area contributed by atoms with Crippen LogP contribution in [0.4, 0.5) is 5.69 Å². The SMILES string of the molecule is COc1cc(N2CC(c3nc(-c4ccc(C)cc4)no3)CC2=O)cc(OC)c1OC. The Morgan fingerprint density at radius 1 is 1.03 bits per heavy atom. The molecule has 0 bridgehead atoms. The summed E-state index contributed by atoms with van der Waals surface area (Å²) >= 11 is 0. The van der Waals surface area contributed by atoms with Crippen molar-refractivity contribution < 1.29 is 23.5 Å². The van der Waals surface area contributed by atoms with E-state index in [1.807, 2.05) is 31.2 Å². The van der Waals surface area contributed by atoms with Crippen LogP contribution in [0.1, 0.15) is 23.8 Å². The van der Waals surface area contributed by atoms with E-state index in [-0.39, 0.29) is 18.2 Å². The minimum atomic E-state index is -0.191. The summed E-state index contributed by atoms with van der Waals surface area (Å²) in [6, 6.07) is 11.4. The molecule has 2 heterocycles. The summed E-state index contributed by atoms with van der Waals surface area (Å²) < 4.78 is 21.6. The fourth-order valence-electron chi connectivity index (χ4n) is 3.57. The van der Waals surface area contributed by atoms with Gasteiger partial charge >= 0.3 is 0 Å². The molecule has 30 heavy (non-hydrogen) atoms. The first-order valence-electron chi connectivity index (χ1n) is 9.55. The second-order valence-corrected chi connectivity index (χ2v) is 7.11. The number of anilines is 1. The largest absolute Gasteiger partial charge is 0.493 e. The highest BCUT2D eigenvalue weighted by Crippen LogP contribution is 2.43. The summed E-state index contributed by atoms with van der Waals surface area (Å²) in [5.74, 6) is 2.20. The van der Waals surface area contributed by atoms with E-state index < -0.39 is 0 Å². The molecule has 8 nitrogen and oxygen atoms in total. The van der Waals surface area contributed by atoms with Gasteiger partial charge in [-0.3, -0.25) is 4.79 Å². The lowest BCUT2D eigenvalue weighted by molar-refractivity contribution is -0.117. The average molecular weight is 409 g/mol. The summed E-state index contributed by atoms with van der Waals surface area (Å²) in [4.78, 5) is 18.9. The van der Waals surface area contributed by atoms with Crippen molar-refractivity contribution in [1.82, 2.24) is 10.1 Å². The third-order valence-corrected chi connectivity index (χ3v) is 5.19. The number of hydrogen-bond donors (Lipinski definition) is 0. The minimum absolute atomic E-state index is 0.0376. The molecule has 3 aromatic rings. The molecule has 1 atom stereocenters. The van der Waals surface area contributed by atoms with Crippen LogP contribution in [0.25, 0.3) is 11.4 Å². The van der Waals surface area contributed by atoms with Crippen LogP contribution in [0.5, 0.6) is 17.2 Å². The molecule has 0 saturated carbocycles. The summed E-state index contributed by atoms with van der Waals surface area (Å²) in [6.07, 6.45) is 0.284. The molecule has 156 valence electrons. The summed E-state index contributed by atoms with van der Waals surface area (Å²) in [5.41, 5.74) is 2.70. The number of amides is 1. The van der Waals surface area contributed by atoms with E-state index in [1.165, 1.54) is 7.11 Å². The number of carbonyl (C=O) groups excluding carboxylic acids is 1. The lowest BCUT2D eigenvalue weighted by Gasteiger charge is -2.20. The Hall–Kier alpha value is -3.55. The van der Waals surface area contributed by atoms with Gasteiger partial charge in [0.05, 0.1) is 32.9 Å². The maximum absolute atomic E-state index is 12.7. The third kappa shape index (κ3) is 3.56. The molecule has 4 rings (SSSR count). The fraction of sp³-hybridized carbons (Fsp3) is 0.318. The number of ether oxygens (including phenoxy) is 3. The number of hydrogen-bond acceptors (Lipinski definition) is 7. The molecule has 1 unspecified atom stereocenters. The van der Waals surface area contributed by atoms with Gasteiger partial charge in [0.2, 0.25) is 23.4 Å². The molecular formula is C22H23N3O5. The number of aromatic nitrogens is 2. The van der Waals surface area contributed by atoms with Gasteiger partial charge in [-0.05, 0) is 6.92 Å². The summed E-state index contributed by atoms with van der Waals surface area (Å²) in [5, 5.41) is 4.09. The van der Waals surface area contributed by atoms with Crippen molar-refractivity contribution in [2.75, 3.05) is 32.8 Å². The Bertz CT molecular complexity index is 1040. The van der Waals surface area contributed by atoms with E-state index in [0.29, 0.717) is 41.2 Å². The predicted octanol–water partition coefficient (Wildman–Crippen LogP) is 3.59. The van der Waals surface area contributed by atoms with E-state index in [1.54, 1.807) is 31.3 Å². The topological polar surface area (TPSA) is 86.9 Å². The summed E-state index contributed by atoms with van der Waals surface area (Å²) in [7, 11) is 4.62. The Morgan fingerprint density at radius 2 is 1.70 bits per heavy atom. The van der Waals surface area contributed by atoms with Gasteiger partial charge in [0.25, 0.3) is 0 Å². The molecule has 0 N–H and O–H groups in total. The number of methoxy groups -OCH3 is 3. The molecule has 0 radical (unpaired) electrons. The van der Waals surface area contributed by atoms with E-state index >= 15 is 0 Å². The first-order valence-corrected chi connectivity index (χ1v) is 9.55. The normalized spacial score (nSPS) is 16.1. The van der Waals surface area contributed by atoms with Crippen LogP contribution in [-0.2, 0) is 4.79 Å². The second-order valence-electron chi connectivity index (χ2n) is 7.11. The van der Waals surface area contributed by atoms with E-state index in [9.17, 15) is 4.79 Å². The maximum atomic E-state index is 12.7. The van der Waals surface area contributed by atoms with Crippen molar-refractivity contribution >= 4 is 11.6 Å². The van der Waals surface area contributed by atoms with Crippen molar-refractivity contribution in [3.05, 3.63) is 47.9 Å². The molecule has 1 amide bonds. The van der Waals surface area contributed by atoms with Crippen molar-refractivity contribution in [2.45, 2.75) is 19.3 Å². The molecule has 1 aliphatic rings. The van der Waals surface area contributed by atoms with Crippen molar-refractivity contribution in [1.29, 1.82) is 0 Å². The van der Waals surface area contributed by atoms with E-state index in [2.05, 4.69) is 10.1 Å². The zero-order chi connectivity index (χ0) is 21.3. The van der Waals surface area contributed by atoms with Gasteiger partial charge in [-0.1, -0.05) is 35.0 Å². The van der Waals surface area contributed by atoms with Crippen LogP contribution in [0, 0.1) is 6.92 Å². The van der Waals surface area contributed by atoms with Gasteiger partial charge in [-0.15, -0.1) is 0 Å². The Kier molecular flexibility index (Phi) is 5.31. The smallest absolute Gasteiger partial charge is 0.232 e. The molecule has 1 aromatic heterocycles. The molecule has 2 aromatic carbocycles. The lowest BCUT2D eigenvalue weighted by Crippen LogP contribution is -2.24. The molecule has 0 spiro atoms. The number of benzene rings is 2. The van der Waals surface area contributed by atoms with Crippen LogP contribution < -0.4 is 19.1 Å². The molecular weight excluding hydrogens is 386 g/mol. The Morgan fingerprint density at radius 3 is 2.30 bits per heavy atom. The second kappa shape index (κ2) is 8.06. The van der Waals surface area contributed by atoms with Crippen molar-refractivity contribution in [2.24, 2.45) is 0 Å². The monoisotopic (exact) mass is 409 g/mol. The van der Waals surface area contributed by atoms with Gasteiger partial charge in [0.1, 0.15) is 0 Å². The van der Waals surface area contributed by atoms with Gasteiger partial charge in [-0.2, -0.15) is 4.98 Å². The van der Waals surface area contributed by atoms with Crippen molar-refractivity contribution in [3.8, 4) is 28.6 Å². The molecule has 1 aliphatic heterocycles. The number of nitrogens with zero attached hydrogens (tertiary/aromatic N) is 3. The van der Waals surface area contributed by atoms with Crippen LogP contribution in [0.2, 0.25) is 0 Å². The third-order valence-electron chi connectivity index (χ3n) is 5.19. The summed E-state index contributed by atoms with van der Waals surface area (Å²) in [6.45, 7) is 2.44. The van der Waals surface area contributed by atoms with E-state index in [4.69, 9.17) is 18.7 Å². The Labute approximate surface area is 174 Å². The Balaban J connectivity index is 1.59. The first-order chi connectivity index (χ1) is 14.5.